The summed E-state index contributed by atoms with van der Waals surface area (Å²) in [4.78, 5) is 0. The van der Waals surface area contributed by atoms with Crippen molar-refractivity contribution < 1.29 is 5.11 Å². The Bertz CT molecular complexity index is 94.6. The average Bonchev–Trinajstić information content (AvgIpc) is 1.67. The third-order valence-corrected chi connectivity index (χ3v) is 0.959. The topological polar surface area (TPSA) is 20.2 Å². The number of hydrogen-bond acceptors (Lipinski definition) is 1. The highest BCUT2D eigenvalue weighted by atomic mass is 16.3. The van der Waals surface area contributed by atoms with Crippen LogP contribution in [-0.4, -0.2) is 11.2 Å². The SMILES string of the molecule is C=CC[C@H](O)C(=C)C. The van der Waals surface area contributed by atoms with Crippen molar-refractivity contribution >= 4 is 0 Å². The van der Waals surface area contributed by atoms with Crippen LogP contribution < -0.4 is 0 Å². The molecule has 1 heteroatoms. The van der Waals surface area contributed by atoms with Gasteiger partial charge >= 0.3 is 0 Å². The molecule has 0 spiro atoms. The molecule has 8 heavy (non-hydrogen) atoms. The second kappa shape index (κ2) is 3.44. The molecule has 0 aliphatic carbocycles. The van der Waals surface area contributed by atoms with Crippen molar-refractivity contribution in [2.24, 2.45) is 0 Å². The lowest BCUT2D eigenvalue weighted by atomic mass is 10.1. The molecule has 1 N–H and O–H groups in total. The second-order valence-corrected chi connectivity index (χ2v) is 1.89. The minimum absolute atomic E-state index is 0.396. The third-order valence-electron chi connectivity index (χ3n) is 0.959. The predicted octanol–water partition coefficient (Wildman–Crippen LogP) is 1.50. The van der Waals surface area contributed by atoms with Crippen molar-refractivity contribution in [2.45, 2.75) is 19.4 Å². The highest BCUT2D eigenvalue weighted by Gasteiger charge is 1.98. The summed E-state index contributed by atoms with van der Waals surface area (Å²) in [6, 6.07) is 0. The summed E-state index contributed by atoms with van der Waals surface area (Å²) in [5.41, 5.74) is 0.796. The molecular formula is C7H12O. The van der Waals surface area contributed by atoms with Crippen molar-refractivity contribution in [1.82, 2.24) is 0 Å². The molecule has 0 aromatic carbocycles. The summed E-state index contributed by atoms with van der Waals surface area (Å²) in [7, 11) is 0. The highest BCUT2D eigenvalue weighted by Crippen LogP contribution is 2.01. The molecule has 1 atom stereocenters. The molecule has 0 amide bonds. The van der Waals surface area contributed by atoms with E-state index in [9.17, 15) is 0 Å². The highest BCUT2D eigenvalue weighted by molar-refractivity contribution is 4.98. The lowest BCUT2D eigenvalue weighted by molar-refractivity contribution is 0.215. The van der Waals surface area contributed by atoms with Crippen LogP contribution in [0, 0.1) is 0 Å². The first-order chi connectivity index (χ1) is 3.68. The molecule has 0 bridgehead atoms. The van der Waals surface area contributed by atoms with E-state index < -0.39 is 6.10 Å². The minimum Gasteiger partial charge on any atom is -0.388 e. The lowest BCUT2D eigenvalue weighted by Crippen LogP contribution is -2.04. The number of aliphatic hydroxyl groups is 1. The summed E-state index contributed by atoms with van der Waals surface area (Å²) in [5, 5.41) is 8.96. The van der Waals surface area contributed by atoms with Gasteiger partial charge in [-0.3, -0.25) is 0 Å². The van der Waals surface area contributed by atoms with Gasteiger partial charge in [-0.05, 0) is 13.3 Å². The van der Waals surface area contributed by atoms with Gasteiger partial charge in [0.05, 0.1) is 6.10 Å². The largest absolute Gasteiger partial charge is 0.388 e. The summed E-state index contributed by atoms with van der Waals surface area (Å²) in [6.07, 6.45) is 1.89. The van der Waals surface area contributed by atoms with Crippen LogP contribution in [0.1, 0.15) is 13.3 Å². The summed E-state index contributed by atoms with van der Waals surface area (Å²) < 4.78 is 0. The van der Waals surface area contributed by atoms with Gasteiger partial charge in [0.25, 0.3) is 0 Å². The lowest BCUT2D eigenvalue weighted by Gasteiger charge is -2.04. The zero-order chi connectivity index (χ0) is 6.57. The van der Waals surface area contributed by atoms with E-state index in [1.54, 1.807) is 13.0 Å². The van der Waals surface area contributed by atoms with Gasteiger partial charge in [0, 0.05) is 0 Å². The van der Waals surface area contributed by atoms with Crippen LogP contribution in [0.5, 0.6) is 0 Å². The average molecular weight is 112 g/mol. The molecule has 0 aromatic rings. The number of aliphatic hydroxyl groups excluding tert-OH is 1. The molecule has 0 aliphatic rings. The Hall–Kier alpha value is -0.560. The molecule has 0 heterocycles. The number of hydrogen-bond donors (Lipinski definition) is 1. The quantitative estimate of drug-likeness (QED) is 0.548. The molecule has 0 fully saturated rings. The Morgan fingerprint density at radius 1 is 1.88 bits per heavy atom. The third kappa shape index (κ3) is 2.59. The van der Waals surface area contributed by atoms with E-state index in [0.717, 1.165) is 5.57 Å². The Kier molecular flexibility index (Phi) is 3.20. The maximum atomic E-state index is 8.96. The summed E-state index contributed by atoms with van der Waals surface area (Å²) in [6.45, 7) is 8.86. The standard InChI is InChI=1S/C7H12O/c1-4-5-7(8)6(2)3/h4,7-8H,1-2,5H2,3H3/t7-/m0/s1. The van der Waals surface area contributed by atoms with Gasteiger partial charge in [-0.2, -0.15) is 0 Å². The fourth-order valence-electron chi connectivity index (χ4n) is 0.359. The van der Waals surface area contributed by atoms with E-state index in [4.69, 9.17) is 5.11 Å². The van der Waals surface area contributed by atoms with Gasteiger partial charge in [-0.25, -0.2) is 0 Å². The van der Waals surface area contributed by atoms with Crippen LogP contribution in [0.25, 0.3) is 0 Å². The Labute approximate surface area is 50.3 Å². The first-order valence-corrected chi connectivity index (χ1v) is 2.63. The second-order valence-electron chi connectivity index (χ2n) is 1.89. The molecule has 0 rings (SSSR count). The van der Waals surface area contributed by atoms with Crippen LogP contribution in [0.4, 0.5) is 0 Å². The fraction of sp³-hybridized carbons (Fsp3) is 0.429. The van der Waals surface area contributed by atoms with Crippen molar-refractivity contribution in [3.8, 4) is 0 Å². The van der Waals surface area contributed by atoms with Crippen LogP contribution in [0.2, 0.25) is 0 Å². The van der Waals surface area contributed by atoms with E-state index in [2.05, 4.69) is 13.2 Å². The smallest absolute Gasteiger partial charge is 0.0779 e. The van der Waals surface area contributed by atoms with Crippen molar-refractivity contribution in [3.05, 3.63) is 24.8 Å². The van der Waals surface area contributed by atoms with Crippen LogP contribution in [0.15, 0.2) is 24.8 Å². The van der Waals surface area contributed by atoms with Gasteiger partial charge in [0.15, 0.2) is 0 Å². The molecule has 0 saturated heterocycles. The molecule has 0 saturated carbocycles. The number of rotatable bonds is 3. The van der Waals surface area contributed by atoms with Gasteiger partial charge in [-0.1, -0.05) is 18.2 Å². The molecule has 0 aliphatic heterocycles. The maximum absolute atomic E-state index is 8.96. The van der Waals surface area contributed by atoms with E-state index in [0.29, 0.717) is 6.42 Å². The van der Waals surface area contributed by atoms with Crippen LogP contribution in [0.3, 0.4) is 0 Å². The van der Waals surface area contributed by atoms with Gasteiger partial charge in [-0.15, -0.1) is 6.58 Å². The summed E-state index contributed by atoms with van der Waals surface area (Å²) in [5.74, 6) is 0. The Morgan fingerprint density at radius 2 is 2.38 bits per heavy atom. The van der Waals surface area contributed by atoms with Gasteiger partial charge in [0.2, 0.25) is 0 Å². The first-order valence-electron chi connectivity index (χ1n) is 2.63. The van der Waals surface area contributed by atoms with Gasteiger partial charge in [0.1, 0.15) is 0 Å². The monoisotopic (exact) mass is 112 g/mol. The Balaban J connectivity index is 3.46. The molecular weight excluding hydrogens is 100 g/mol. The zero-order valence-electron chi connectivity index (χ0n) is 5.22. The van der Waals surface area contributed by atoms with Crippen LogP contribution >= 0.6 is 0 Å². The van der Waals surface area contributed by atoms with Crippen molar-refractivity contribution in [3.63, 3.8) is 0 Å². The summed E-state index contributed by atoms with van der Waals surface area (Å²) >= 11 is 0. The van der Waals surface area contributed by atoms with Crippen molar-refractivity contribution in [2.75, 3.05) is 0 Å². The molecule has 0 unspecified atom stereocenters. The van der Waals surface area contributed by atoms with E-state index >= 15 is 0 Å². The van der Waals surface area contributed by atoms with Crippen LogP contribution in [-0.2, 0) is 0 Å². The van der Waals surface area contributed by atoms with E-state index in [-0.39, 0.29) is 0 Å². The van der Waals surface area contributed by atoms with Gasteiger partial charge < -0.3 is 5.11 Å². The van der Waals surface area contributed by atoms with E-state index in [1.807, 2.05) is 0 Å². The molecule has 0 aromatic heterocycles. The minimum atomic E-state index is -0.396. The first kappa shape index (κ1) is 7.44. The maximum Gasteiger partial charge on any atom is 0.0779 e. The molecule has 46 valence electrons. The molecule has 0 radical (unpaired) electrons. The molecule has 1 nitrogen and oxygen atoms in total. The Morgan fingerprint density at radius 3 is 2.50 bits per heavy atom. The predicted molar refractivity (Wildman–Crippen MR) is 35.6 cm³/mol. The zero-order valence-corrected chi connectivity index (χ0v) is 5.22. The van der Waals surface area contributed by atoms with E-state index in [1.165, 1.54) is 0 Å². The van der Waals surface area contributed by atoms with Crippen molar-refractivity contribution in [1.29, 1.82) is 0 Å². The fourth-order valence-corrected chi connectivity index (χ4v) is 0.359. The normalized spacial score (nSPS) is 12.8.